The fourth-order valence-corrected chi connectivity index (χ4v) is 1.46. The number of hydrogen-bond donors (Lipinski definition) is 0. The number of hydrogen-bond acceptors (Lipinski definition) is 4. The number of ether oxygens (including phenoxy) is 1. The van der Waals surface area contributed by atoms with Gasteiger partial charge in [-0.2, -0.15) is 0 Å². The maximum absolute atomic E-state index is 11.2. The molecule has 0 heterocycles. The molecule has 0 saturated heterocycles. The predicted octanol–water partition coefficient (Wildman–Crippen LogP) is 2.21. The van der Waals surface area contributed by atoms with Crippen LogP contribution in [0.5, 0.6) is 0 Å². The maximum atomic E-state index is 11.2. The molecule has 96 valence electrons. The van der Waals surface area contributed by atoms with Crippen molar-refractivity contribution in [2.45, 2.75) is 51.6 Å². The van der Waals surface area contributed by atoms with Gasteiger partial charge in [0.15, 0.2) is 12.4 Å². The third-order valence-corrected chi connectivity index (χ3v) is 2.43. The minimum absolute atomic E-state index is 0.201. The van der Waals surface area contributed by atoms with Gasteiger partial charge in [-0.1, -0.05) is 39.2 Å². The zero-order valence-corrected chi connectivity index (χ0v) is 10.3. The van der Waals surface area contributed by atoms with Gasteiger partial charge >= 0.3 is 5.97 Å². The highest BCUT2D eigenvalue weighted by molar-refractivity contribution is 6.27. The van der Waals surface area contributed by atoms with Gasteiger partial charge in [0.2, 0.25) is 5.78 Å². The van der Waals surface area contributed by atoms with E-state index < -0.39 is 17.9 Å². The first-order valence-electron chi connectivity index (χ1n) is 5.97. The smallest absolute Gasteiger partial charge is 0.330 e. The number of aldehydes is 1. The Balaban J connectivity index is 4.02. The molecule has 1 atom stereocenters. The molecule has 4 nitrogen and oxygen atoms in total. The third kappa shape index (κ3) is 7.44. The molecule has 0 aromatic heterocycles. The SMILES string of the molecule is C=CC(=O)OC(CCCCCCC)C(=O)C=O. The normalized spacial score (nSPS) is 11.6. The molecule has 0 spiro atoms. The minimum atomic E-state index is -0.945. The van der Waals surface area contributed by atoms with Gasteiger partial charge in [-0.3, -0.25) is 9.59 Å². The van der Waals surface area contributed by atoms with Gasteiger partial charge in [-0.05, 0) is 12.8 Å². The molecule has 0 fully saturated rings. The number of rotatable bonds is 10. The van der Waals surface area contributed by atoms with E-state index in [9.17, 15) is 14.4 Å². The quantitative estimate of drug-likeness (QED) is 0.193. The predicted molar refractivity (Wildman–Crippen MR) is 64.5 cm³/mol. The molecule has 0 aliphatic heterocycles. The molecule has 1 unspecified atom stereocenters. The van der Waals surface area contributed by atoms with Crippen molar-refractivity contribution in [1.82, 2.24) is 0 Å². The first kappa shape index (κ1) is 15.6. The molecule has 0 aromatic carbocycles. The Kier molecular flexibility index (Phi) is 8.92. The van der Waals surface area contributed by atoms with E-state index in [1.807, 2.05) is 0 Å². The standard InChI is InChI=1S/C13H20O4/c1-3-5-6-7-8-9-12(11(15)10-14)17-13(16)4-2/h4,10,12H,2-3,5-9H2,1H3. The molecule has 0 amide bonds. The fraction of sp³-hybridized carbons (Fsp3) is 0.615. The van der Waals surface area contributed by atoms with Crippen molar-refractivity contribution in [3.63, 3.8) is 0 Å². The van der Waals surface area contributed by atoms with E-state index in [-0.39, 0.29) is 6.29 Å². The summed E-state index contributed by atoms with van der Waals surface area (Å²) in [5, 5.41) is 0. The van der Waals surface area contributed by atoms with Gasteiger partial charge in [0, 0.05) is 6.08 Å². The van der Waals surface area contributed by atoms with Crippen LogP contribution in [0.4, 0.5) is 0 Å². The van der Waals surface area contributed by atoms with E-state index in [2.05, 4.69) is 13.5 Å². The lowest BCUT2D eigenvalue weighted by atomic mass is 10.1. The molecule has 0 radical (unpaired) electrons. The van der Waals surface area contributed by atoms with Gasteiger partial charge in [0.1, 0.15) is 0 Å². The molecule has 0 aromatic rings. The summed E-state index contributed by atoms with van der Waals surface area (Å²) >= 11 is 0. The highest BCUT2D eigenvalue weighted by Crippen LogP contribution is 2.10. The van der Waals surface area contributed by atoms with Crippen molar-refractivity contribution in [1.29, 1.82) is 0 Å². The first-order chi connectivity index (χ1) is 8.15. The number of carbonyl (C=O) groups excluding carboxylic acids is 3. The zero-order valence-electron chi connectivity index (χ0n) is 10.3. The average molecular weight is 240 g/mol. The third-order valence-electron chi connectivity index (χ3n) is 2.43. The van der Waals surface area contributed by atoms with Crippen LogP contribution in [0.15, 0.2) is 12.7 Å². The molecule has 0 bridgehead atoms. The van der Waals surface area contributed by atoms with E-state index in [0.717, 1.165) is 38.2 Å². The summed E-state index contributed by atoms with van der Waals surface area (Å²) < 4.78 is 4.82. The summed E-state index contributed by atoms with van der Waals surface area (Å²) in [6, 6.07) is 0. The summed E-state index contributed by atoms with van der Waals surface area (Å²) in [4.78, 5) is 32.6. The van der Waals surface area contributed by atoms with Gasteiger partial charge in [-0.25, -0.2) is 4.79 Å². The van der Waals surface area contributed by atoms with Gasteiger partial charge in [0.05, 0.1) is 0 Å². The van der Waals surface area contributed by atoms with E-state index in [1.165, 1.54) is 0 Å². The molecule has 17 heavy (non-hydrogen) atoms. The van der Waals surface area contributed by atoms with Crippen molar-refractivity contribution in [3.8, 4) is 0 Å². The van der Waals surface area contributed by atoms with Crippen molar-refractivity contribution in [3.05, 3.63) is 12.7 Å². The Morgan fingerprint density at radius 1 is 1.24 bits per heavy atom. The Hall–Kier alpha value is -1.45. The van der Waals surface area contributed by atoms with Crippen LogP contribution in [0.3, 0.4) is 0 Å². The lowest BCUT2D eigenvalue weighted by Crippen LogP contribution is -2.27. The summed E-state index contributed by atoms with van der Waals surface area (Å²) in [5.41, 5.74) is 0. The van der Waals surface area contributed by atoms with Crippen LogP contribution in [0, 0.1) is 0 Å². The molecular formula is C13H20O4. The molecule has 0 saturated carbocycles. The van der Waals surface area contributed by atoms with Crippen LogP contribution < -0.4 is 0 Å². The van der Waals surface area contributed by atoms with Crippen LogP contribution in [-0.4, -0.2) is 24.1 Å². The Bertz CT molecular complexity index is 271. The largest absolute Gasteiger partial charge is 0.451 e. The van der Waals surface area contributed by atoms with E-state index in [1.54, 1.807) is 0 Å². The van der Waals surface area contributed by atoms with Crippen LogP contribution in [-0.2, 0) is 19.1 Å². The van der Waals surface area contributed by atoms with Crippen molar-refractivity contribution >= 4 is 18.0 Å². The lowest BCUT2D eigenvalue weighted by molar-refractivity contribution is -0.151. The van der Waals surface area contributed by atoms with Crippen molar-refractivity contribution in [2.24, 2.45) is 0 Å². The molecule has 0 aliphatic carbocycles. The summed E-state index contributed by atoms with van der Waals surface area (Å²) in [7, 11) is 0. The van der Waals surface area contributed by atoms with Gasteiger partial charge in [0.25, 0.3) is 0 Å². The number of Topliss-reactive ketones (excluding diaryl/α,β-unsaturated/α-hetero) is 1. The highest BCUT2D eigenvalue weighted by atomic mass is 16.5. The number of esters is 1. The van der Waals surface area contributed by atoms with Crippen molar-refractivity contribution < 1.29 is 19.1 Å². The zero-order chi connectivity index (χ0) is 13.1. The lowest BCUT2D eigenvalue weighted by Gasteiger charge is -2.12. The second-order valence-corrected chi connectivity index (χ2v) is 3.85. The summed E-state index contributed by atoms with van der Waals surface area (Å²) in [6.45, 7) is 5.36. The summed E-state index contributed by atoms with van der Waals surface area (Å²) in [6.07, 6.45) is 5.78. The highest BCUT2D eigenvalue weighted by Gasteiger charge is 2.20. The maximum Gasteiger partial charge on any atom is 0.330 e. The Morgan fingerprint density at radius 3 is 2.41 bits per heavy atom. The molecule has 0 aliphatic rings. The average Bonchev–Trinajstić information content (AvgIpc) is 2.35. The summed E-state index contributed by atoms with van der Waals surface area (Å²) in [5.74, 6) is -1.35. The van der Waals surface area contributed by atoms with E-state index >= 15 is 0 Å². The topological polar surface area (TPSA) is 60.4 Å². The van der Waals surface area contributed by atoms with E-state index in [0.29, 0.717) is 6.42 Å². The van der Waals surface area contributed by atoms with Gasteiger partial charge < -0.3 is 4.74 Å². The minimum Gasteiger partial charge on any atom is -0.451 e. The fourth-order valence-electron chi connectivity index (χ4n) is 1.46. The van der Waals surface area contributed by atoms with Crippen LogP contribution in [0.2, 0.25) is 0 Å². The van der Waals surface area contributed by atoms with Crippen molar-refractivity contribution in [2.75, 3.05) is 0 Å². The second-order valence-electron chi connectivity index (χ2n) is 3.85. The Labute approximate surface area is 102 Å². The van der Waals surface area contributed by atoms with E-state index in [4.69, 9.17) is 4.74 Å². The molecular weight excluding hydrogens is 220 g/mol. The number of ketones is 1. The van der Waals surface area contributed by atoms with Crippen LogP contribution in [0.1, 0.15) is 45.4 Å². The first-order valence-corrected chi connectivity index (χ1v) is 5.97. The molecule has 0 N–H and O–H groups in total. The monoisotopic (exact) mass is 240 g/mol. The van der Waals surface area contributed by atoms with Crippen LogP contribution in [0.25, 0.3) is 0 Å². The number of unbranched alkanes of at least 4 members (excludes halogenated alkanes) is 4. The second kappa shape index (κ2) is 9.75. The van der Waals surface area contributed by atoms with Gasteiger partial charge in [-0.15, -0.1) is 0 Å². The number of carbonyl (C=O) groups is 3. The molecule has 4 heteroatoms. The molecule has 0 rings (SSSR count). The Morgan fingerprint density at radius 2 is 1.88 bits per heavy atom. The van der Waals surface area contributed by atoms with Crippen LogP contribution >= 0.6 is 0 Å².